The van der Waals surface area contributed by atoms with Crippen molar-refractivity contribution in [1.82, 2.24) is 0 Å². The zero-order valence-corrected chi connectivity index (χ0v) is 12.4. The van der Waals surface area contributed by atoms with Crippen LogP contribution >= 0.6 is 0 Å². The number of benzene rings is 2. The molecule has 112 valence electrons. The SMILES string of the molecule is C[C@@H]1OC[C@H](C(=O)c2ccccc2)[C@H]1C(=O)c1ccccc1. The summed E-state index contributed by atoms with van der Waals surface area (Å²) in [5.74, 6) is -0.862. The molecule has 0 bridgehead atoms. The van der Waals surface area contributed by atoms with Crippen molar-refractivity contribution < 1.29 is 14.3 Å². The van der Waals surface area contributed by atoms with Crippen LogP contribution < -0.4 is 0 Å². The van der Waals surface area contributed by atoms with E-state index in [1.807, 2.05) is 43.3 Å². The highest BCUT2D eigenvalue weighted by atomic mass is 16.5. The third-order valence-corrected chi connectivity index (χ3v) is 4.23. The summed E-state index contributed by atoms with van der Waals surface area (Å²) >= 11 is 0. The molecule has 0 unspecified atom stereocenters. The molecular formula is C19H18O3. The number of carbonyl (C=O) groups excluding carboxylic acids is 2. The van der Waals surface area contributed by atoms with Crippen LogP contribution in [0, 0.1) is 11.8 Å². The Kier molecular flexibility index (Phi) is 4.16. The van der Waals surface area contributed by atoms with Gasteiger partial charge in [0.15, 0.2) is 11.6 Å². The number of ether oxygens (including phenoxy) is 1. The molecule has 0 aromatic heterocycles. The van der Waals surface area contributed by atoms with E-state index in [9.17, 15) is 9.59 Å². The predicted octanol–water partition coefficient (Wildman–Crippen LogP) is 3.40. The highest BCUT2D eigenvalue weighted by molar-refractivity contribution is 6.05. The first-order chi connectivity index (χ1) is 10.7. The van der Waals surface area contributed by atoms with Crippen molar-refractivity contribution >= 4 is 11.6 Å². The fraction of sp³-hybridized carbons (Fsp3) is 0.263. The molecule has 0 N–H and O–H groups in total. The van der Waals surface area contributed by atoms with Gasteiger partial charge < -0.3 is 4.74 Å². The third-order valence-electron chi connectivity index (χ3n) is 4.23. The smallest absolute Gasteiger partial charge is 0.169 e. The van der Waals surface area contributed by atoms with Crippen molar-refractivity contribution in [3.05, 3.63) is 71.8 Å². The Hall–Kier alpha value is -2.26. The summed E-state index contributed by atoms with van der Waals surface area (Å²) in [6.45, 7) is 2.17. The lowest BCUT2D eigenvalue weighted by Crippen LogP contribution is -2.32. The summed E-state index contributed by atoms with van der Waals surface area (Å²) in [4.78, 5) is 25.5. The fourth-order valence-corrected chi connectivity index (χ4v) is 3.04. The van der Waals surface area contributed by atoms with Gasteiger partial charge in [-0.1, -0.05) is 60.7 Å². The van der Waals surface area contributed by atoms with Crippen LogP contribution in [-0.2, 0) is 4.74 Å². The van der Waals surface area contributed by atoms with E-state index in [4.69, 9.17) is 4.74 Å². The Balaban J connectivity index is 1.88. The van der Waals surface area contributed by atoms with Gasteiger partial charge >= 0.3 is 0 Å². The molecular weight excluding hydrogens is 276 g/mol. The lowest BCUT2D eigenvalue weighted by Gasteiger charge is -2.18. The van der Waals surface area contributed by atoms with E-state index in [1.165, 1.54) is 0 Å². The Morgan fingerprint density at radius 1 is 0.864 bits per heavy atom. The topological polar surface area (TPSA) is 43.4 Å². The molecule has 1 aliphatic rings. The van der Waals surface area contributed by atoms with Crippen molar-refractivity contribution in [2.75, 3.05) is 6.61 Å². The van der Waals surface area contributed by atoms with Gasteiger partial charge in [0.1, 0.15) is 0 Å². The van der Waals surface area contributed by atoms with Gasteiger partial charge in [-0.25, -0.2) is 0 Å². The van der Waals surface area contributed by atoms with Crippen molar-refractivity contribution in [3.63, 3.8) is 0 Å². The average Bonchev–Trinajstić information content (AvgIpc) is 2.96. The maximum Gasteiger partial charge on any atom is 0.169 e. The quantitative estimate of drug-likeness (QED) is 0.812. The molecule has 1 fully saturated rings. The van der Waals surface area contributed by atoms with Crippen LogP contribution in [0.5, 0.6) is 0 Å². The summed E-state index contributed by atoms with van der Waals surface area (Å²) in [5.41, 5.74) is 1.27. The predicted molar refractivity (Wildman–Crippen MR) is 83.9 cm³/mol. The van der Waals surface area contributed by atoms with Crippen LogP contribution in [-0.4, -0.2) is 24.3 Å². The van der Waals surface area contributed by atoms with Crippen LogP contribution in [0.4, 0.5) is 0 Å². The van der Waals surface area contributed by atoms with Crippen LogP contribution in [0.2, 0.25) is 0 Å². The van der Waals surface area contributed by atoms with E-state index in [-0.39, 0.29) is 17.7 Å². The molecule has 0 aliphatic carbocycles. The lowest BCUT2D eigenvalue weighted by molar-refractivity contribution is 0.0748. The Bertz CT molecular complexity index is 664. The molecule has 3 atom stereocenters. The van der Waals surface area contributed by atoms with E-state index in [0.29, 0.717) is 17.7 Å². The molecule has 0 spiro atoms. The highest BCUT2D eigenvalue weighted by Crippen LogP contribution is 2.32. The van der Waals surface area contributed by atoms with Crippen LogP contribution in [0.3, 0.4) is 0 Å². The molecule has 0 amide bonds. The molecule has 3 nitrogen and oxygen atoms in total. The molecule has 3 heteroatoms. The Labute approximate surface area is 129 Å². The van der Waals surface area contributed by atoms with Crippen LogP contribution in [0.15, 0.2) is 60.7 Å². The highest BCUT2D eigenvalue weighted by Gasteiger charge is 2.43. The maximum atomic E-state index is 12.8. The second kappa shape index (κ2) is 6.24. The molecule has 0 radical (unpaired) electrons. The summed E-state index contributed by atoms with van der Waals surface area (Å²) in [6.07, 6.45) is -0.245. The first kappa shape index (κ1) is 14.7. The molecule has 1 saturated heterocycles. The molecule has 2 aromatic rings. The van der Waals surface area contributed by atoms with E-state index in [2.05, 4.69) is 0 Å². The average molecular weight is 294 g/mol. The van der Waals surface area contributed by atoms with Gasteiger partial charge in [-0.2, -0.15) is 0 Å². The molecule has 1 aliphatic heterocycles. The zero-order chi connectivity index (χ0) is 15.5. The van der Waals surface area contributed by atoms with E-state index >= 15 is 0 Å². The summed E-state index contributed by atoms with van der Waals surface area (Å²) < 4.78 is 5.62. The van der Waals surface area contributed by atoms with Gasteiger partial charge in [0.05, 0.1) is 24.5 Å². The third kappa shape index (κ3) is 2.72. The number of hydrogen-bond donors (Lipinski definition) is 0. The standard InChI is InChI=1S/C19H18O3/c1-13-17(19(21)15-10-6-3-7-11-15)16(12-22-13)18(20)14-8-4-2-5-9-14/h2-11,13,16-17H,12H2,1H3/t13-,16-,17-/m0/s1. The van der Waals surface area contributed by atoms with E-state index < -0.39 is 11.8 Å². The van der Waals surface area contributed by atoms with Crippen molar-refractivity contribution in [2.24, 2.45) is 11.8 Å². The van der Waals surface area contributed by atoms with Crippen LogP contribution in [0.1, 0.15) is 27.6 Å². The number of rotatable bonds is 4. The van der Waals surface area contributed by atoms with E-state index in [1.54, 1.807) is 24.3 Å². The second-order valence-corrected chi connectivity index (χ2v) is 5.63. The molecule has 2 aromatic carbocycles. The van der Waals surface area contributed by atoms with Gasteiger partial charge in [-0.15, -0.1) is 0 Å². The van der Waals surface area contributed by atoms with Gasteiger partial charge in [0.2, 0.25) is 0 Å². The van der Waals surface area contributed by atoms with Gasteiger partial charge in [0, 0.05) is 11.1 Å². The first-order valence-electron chi connectivity index (χ1n) is 7.48. The minimum Gasteiger partial charge on any atom is -0.377 e. The molecule has 1 heterocycles. The molecule has 3 rings (SSSR count). The Morgan fingerprint density at radius 3 is 1.91 bits per heavy atom. The lowest BCUT2D eigenvalue weighted by atomic mass is 9.80. The van der Waals surface area contributed by atoms with Gasteiger partial charge in [0.25, 0.3) is 0 Å². The van der Waals surface area contributed by atoms with Crippen molar-refractivity contribution in [3.8, 4) is 0 Å². The maximum absolute atomic E-state index is 12.8. The fourth-order valence-electron chi connectivity index (χ4n) is 3.04. The van der Waals surface area contributed by atoms with Crippen LogP contribution in [0.25, 0.3) is 0 Å². The normalized spacial score (nSPS) is 24.1. The van der Waals surface area contributed by atoms with Gasteiger partial charge in [-0.05, 0) is 6.92 Å². The molecule has 22 heavy (non-hydrogen) atoms. The number of ketones is 2. The summed E-state index contributed by atoms with van der Waals surface area (Å²) in [7, 11) is 0. The minimum atomic E-state index is -0.421. The number of carbonyl (C=O) groups is 2. The van der Waals surface area contributed by atoms with Gasteiger partial charge in [-0.3, -0.25) is 9.59 Å². The first-order valence-corrected chi connectivity index (χ1v) is 7.48. The van der Waals surface area contributed by atoms with Crippen molar-refractivity contribution in [2.45, 2.75) is 13.0 Å². The summed E-state index contributed by atoms with van der Waals surface area (Å²) in [5, 5.41) is 0. The summed E-state index contributed by atoms with van der Waals surface area (Å²) in [6, 6.07) is 18.2. The number of Topliss-reactive ketones (excluding diaryl/α,β-unsaturated/α-hetero) is 2. The minimum absolute atomic E-state index is 0.0140. The van der Waals surface area contributed by atoms with E-state index in [0.717, 1.165) is 0 Å². The Morgan fingerprint density at radius 2 is 1.36 bits per heavy atom. The number of hydrogen-bond acceptors (Lipinski definition) is 3. The largest absolute Gasteiger partial charge is 0.377 e. The van der Waals surface area contributed by atoms with Crippen molar-refractivity contribution in [1.29, 1.82) is 0 Å². The monoisotopic (exact) mass is 294 g/mol. The second-order valence-electron chi connectivity index (χ2n) is 5.63. The zero-order valence-electron chi connectivity index (χ0n) is 12.4. The molecule has 0 saturated carbocycles.